The summed E-state index contributed by atoms with van der Waals surface area (Å²) in [5.74, 6) is -2.97. The molecule has 0 saturated carbocycles. The predicted molar refractivity (Wildman–Crippen MR) is 574 cm³/mol. The zero-order chi connectivity index (χ0) is 111. The van der Waals surface area contributed by atoms with E-state index >= 15 is 0 Å². The first-order valence-corrected chi connectivity index (χ1v) is 56.1. The van der Waals surface area contributed by atoms with Gasteiger partial charge in [-0.3, -0.25) is 33.4 Å². The molecular formula is C101H106Cl6F3N13O18S7. The van der Waals surface area contributed by atoms with E-state index in [1.165, 1.54) is 245 Å². The molecule has 148 heavy (non-hydrogen) atoms. The maximum Gasteiger partial charge on any atom is 0.417 e. The average Bonchev–Trinajstić information content (AvgIpc) is 1.72. The van der Waals surface area contributed by atoms with E-state index in [4.69, 9.17) is 69.6 Å². The molecule has 6 aromatic heterocycles. The summed E-state index contributed by atoms with van der Waals surface area (Å²) < 4.78 is 182. The number of benzene rings is 7. The summed E-state index contributed by atoms with van der Waals surface area (Å²) in [6.07, 6.45) is -0.870. The third kappa shape index (κ3) is 29.6. The fourth-order valence-corrected chi connectivity index (χ4v) is 21.9. The van der Waals surface area contributed by atoms with Gasteiger partial charge in [0.2, 0.25) is 35.4 Å². The van der Waals surface area contributed by atoms with Crippen LogP contribution in [0, 0.1) is 20.8 Å². The van der Waals surface area contributed by atoms with Gasteiger partial charge in [-0.15, -0.1) is 11.3 Å². The third-order valence-corrected chi connectivity index (χ3v) is 39.3. The van der Waals surface area contributed by atoms with Gasteiger partial charge in [-0.2, -0.15) is 18.3 Å². The van der Waals surface area contributed by atoms with Gasteiger partial charge in [0.25, 0.3) is 0 Å². The van der Waals surface area contributed by atoms with Crippen molar-refractivity contribution < 1.29 is 92.4 Å². The van der Waals surface area contributed by atoms with Gasteiger partial charge in [0.05, 0.1) is 46.3 Å². The Labute approximate surface area is 892 Å². The molecular weight excluding hydrogens is 2180 g/mol. The average molecular weight is 2280 g/mol. The van der Waals surface area contributed by atoms with Crippen molar-refractivity contribution in [3.63, 3.8) is 0 Å². The van der Waals surface area contributed by atoms with Crippen LogP contribution in [0.4, 0.5) is 47.4 Å². The molecule has 47 heteroatoms. The standard InChI is InChI=1S/C19H17ClN2O3S2.C18H24ClN3O3S.C16H14ClF3N2O3S.3C16H17ClN2O3S/c1-19(2,27(24,25)15-10-8-14(20)9-11-15)17(23)22-18-21-16(12-26-18)13-6-4-3-5-7-13;1-17(2,3)14-11-15(22(6)21-14)20-16(23)18(4,5)26(24,25)13-9-7-12(19)8-10-13;1-15(2,26(24,25)12-6-4-11(17)5-7-12)14(23)22-13-8-3-10(9-21-13)16(18,19)20;1-11-4-9-14(18-10-11)19-15(20)16(2,3)23(21,22)13-7-5-12(17)6-8-13;1-11-8-9-18-14(10-11)19-15(20)16(2,3)23(21,22)13-6-4-12(17)5-7-13;1-11-5-4-6-14(18-11)19-15(20)16(2,3)23(21,22)13-9-7-12(17)8-10-13/h3-12H,1-2H3,(H,21,22,23);7-11H,1-6H3,(H,20,23);3-9H,1-2H3,(H,21,22,23);3*4-10H,1-3H3,(H,18,19,20). The van der Waals surface area contributed by atoms with Crippen molar-refractivity contribution >= 4 is 210 Å². The zero-order valence-electron chi connectivity index (χ0n) is 83.1. The minimum atomic E-state index is -4.56. The Morgan fingerprint density at radius 1 is 0.324 bits per heavy atom. The molecule has 0 unspecified atom stereocenters. The van der Waals surface area contributed by atoms with Crippen molar-refractivity contribution in [3.8, 4) is 11.3 Å². The molecule has 0 aliphatic rings. The summed E-state index contributed by atoms with van der Waals surface area (Å²) in [5.41, 5.74) is 3.84. The number of hydrogen-bond acceptors (Lipinski definition) is 25. The van der Waals surface area contributed by atoms with E-state index in [2.05, 4.69) is 61.9 Å². The molecule has 31 nitrogen and oxygen atoms in total. The van der Waals surface area contributed by atoms with Crippen molar-refractivity contribution in [1.82, 2.24) is 34.7 Å². The maximum atomic E-state index is 12.9. The van der Waals surface area contributed by atoms with E-state index in [0.29, 0.717) is 70.4 Å². The second-order valence-corrected chi connectivity index (χ2v) is 55.2. The fraction of sp³-hybridized carbons (Fsp3) is 0.267. The van der Waals surface area contributed by atoms with Gasteiger partial charge in [0.1, 0.15) is 57.6 Å². The van der Waals surface area contributed by atoms with Crippen molar-refractivity contribution in [3.05, 3.63) is 319 Å². The predicted octanol–water partition coefficient (Wildman–Crippen LogP) is 21.9. The lowest BCUT2D eigenvalue weighted by atomic mass is 9.92. The number of anilines is 6. The van der Waals surface area contributed by atoms with Gasteiger partial charge in [0, 0.05) is 83.9 Å². The molecule has 6 N–H and O–H groups in total. The van der Waals surface area contributed by atoms with Crippen LogP contribution in [0.5, 0.6) is 0 Å². The van der Waals surface area contributed by atoms with Crippen LogP contribution in [0.2, 0.25) is 30.1 Å². The number of hydrogen-bond donors (Lipinski definition) is 6. The molecule has 0 fully saturated rings. The number of nitrogens with one attached hydrogen (secondary N) is 6. The van der Waals surface area contributed by atoms with Crippen molar-refractivity contribution in [1.29, 1.82) is 0 Å². The molecule has 13 aromatic rings. The van der Waals surface area contributed by atoms with Gasteiger partial charge in [-0.05, 0) is 303 Å². The number of sulfone groups is 6. The van der Waals surface area contributed by atoms with E-state index < -0.39 is 135 Å². The largest absolute Gasteiger partial charge is 0.417 e. The summed E-state index contributed by atoms with van der Waals surface area (Å²) in [6, 6.07) is 58.9. The molecule has 0 spiro atoms. The fourth-order valence-electron chi connectivity index (χ4n) is 12.2. The molecule has 0 aliphatic carbocycles. The minimum Gasteiger partial charge on any atom is -0.310 e. The second-order valence-electron chi connectivity index (χ2n) is 36.8. The topological polar surface area (TPSA) is 462 Å². The summed E-state index contributed by atoms with van der Waals surface area (Å²) in [6.45, 7) is 27.6. The summed E-state index contributed by atoms with van der Waals surface area (Å²) in [7, 11) is -21.9. The Morgan fingerprint density at radius 3 is 0.939 bits per heavy atom. The lowest BCUT2D eigenvalue weighted by molar-refractivity contribution is -0.138. The highest BCUT2D eigenvalue weighted by molar-refractivity contribution is 7.95. The number of nitrogens with zero attached hydrogens (tertiary/aromatic N) is 7. The molecule has 7 aromatic carbocycles. The van der Waals surface area contributed by atoms with Crippen LogP contribution in [0.3, 0.4) is 0 Å². The van der Waals surface area contributed by atoms with E-state index in [-0.39, 0.29) is 40.6 Å². The molecule has 0 saturated heterocycles. The molecule has 6 amide bonds. The highest BCUT2D eigenvalue weighted by Crippen LogP contribution is 2.38. The number of amides is 6. The van der Waals surface area contributed by atoms with Crippen molar-refractivity contribution in [2.45, 2.75) is 194 Å². The highest BCUT2D eigenvalue weighted by Gasteiger charge is 2.49. The molecule has 788 valence electrons. The number of halogens is 9. The first kappa shape index (κ1) is 121. The van der Waals surface area contributed by atoms with Gasteiger partial charge in [-0.1, -0.05) is 133 Å². The number of pyridine rings is 4. The Bertz CT molecular complexity index is 7590. The smallest absolute Gasteiger partial charge is 0.310 e. The molecule has 0 bridgehead atoms. The van der Waals surface area contributed by atoms with Crippen LogP contribution in [-0.4, -0.2) is 149 Å². The lowest BCUT2D eigenvalue weighted by Gasteiger charge is -2.23. The lowest BCUT2D eigenvalue weighted by Crippen LogP contribution is -2.44. The van der Waals surface area contributed by atoms with Crippen LogP contribution >= 0.6 is 80.9 Å². The van der Waals surface area contributed by atoms with Crippen LogP contribution in [0.1, 0.15) is 132 Å². The van der Waals surface area contributed by atoms with Crippen molar-refractivity contribution in [2.24, 2.45) is 7.05 Å². The van der Waals surface area contributed by atoms with Crippen LogP contribution in [0.25, 0.3) is 11.3 Å². The Morgan fingerprint density at radius 2 is 0.642 bits per heavy atom. The van der Waals surface area contributed by atoms with Crippen molar-refractivity contribution in [2.75, 3.05) is 31.9 Å². The Balaban J connectivity index is 0.000000217. The van der Waals surface area contributed by atoms with Gasteiger partial charge < -0.3 is 31.9 Å². The summed E-state index contributed by atoms with van der Waals surface area (Å²) in [4.78, 5) is 95.5. The first-order valence-electron chi connectivity index (χ1n) is 44.0. The molecule has 0 aliphatic heterocycles. The van der Waals surface area contributed by atoms with E-state index in [1.54, 1.807) is 74.9 Å². The number of aromatic nitrogens is 7. The first-order chi connectivity index (χ1) is 68.3. The maximum absolute atomic E-state index is 12.9. The normalized spacial score (nSPS) is 12.3. The van der Waals surface area contributed by atoms with E-state index in [0.717, 1.165) is 40.2 Å². The Hall–Kier alpha value is -12.0. The molecule has 0 atom stereocenters. The summed E-state index contributed by atoms with van der Waals surface area (Å²) >= 11 is 35.9. The van der Waals surface area contributed by atoms with Gasteiger partial charge >= 0.3 is 6.18 Å². The van der Waals surface area contributed by atoms with Gasteiger partial charge in [-0.25, -0.2) is 75.4 Å². The molecule has 13 rings (SSSR count). The highest BCUT2D eigenvalue weighted by atomic mass is 35.5. The van der Waals surface area contributed by atoms with Crippen LogP contribution in [0.15, 0.2) is 290 Å². The number of thiazole rings is 1. The number of alkyl halides is 3. The minimum absolute atomic E-state index is 0.0381. The number of aryl methyl sites for hydroxylation is 4. The molecule has 0 radical (unpaired) electrons. The SMILES string of the molecule is CC(C)(C(=O)Nc1ccc(C(F)(F)F)cn1)S(=O)(=O)c1ccc(Cl)cc1.CC(C)(C(=O)Nc1nc(-c2ccccc2)cs1)S(=O)(=O)c1ccc(Cl)cc1.Cc1ccc(NC(=O)C(C)(C)S(=O)(=O)c2ccc(Cl)cc2)nc1.Cc1cccc(NC(=O)C(C)(C)S(=O)(=O)c2ccc(Cl)cc2)n1.Cc1ccnc(NC(=O)C(C)(C)S(=O)(=O)c2ccc(Cl)cc2)c1.Cn1nc(C(C)(C)C)cc1NC(=O)C(C)(C)S(=O)(=O)c1ccc(Cl)cc1. The monoisotopic (exact) mass is 2280 g/mol. The number of carbonyl (C=O) groups excluding carboxylic acids is 6. The molecule has 6 heterocycles. The van der Waals surface area contributed by atoms with E-state index in [1.807, 2.05) is 70.3 Å². The third-order valence-electron chi connectivity index (χ3n) is 22.5. The summed E-state index contributed by atoms with van der Waals surface area (Å²) in [5, 5.41) is 24.2. The van der Waals surface area contributed by atoms with Gasteiger partial charge in [0.15, 0.2) is 64.2 Å². The second kappa shape index (κ2) is 48.3. The van der Waals surface area contributed by atoms with E-state index in [9.17, 15) is 92.4 Å². The zero-order valence-corrected chi connectivity index (χ0v) is 93.3. The number of rotatable bonds is 25. The quantitative estimate of drug-likeness (QED) is 0.0309. The van der Waals surface area contributed by atoms with Crippen LogP contribution in [-0.2, 0) is 106 Å². The Kier molecular flexibility index (Phi) is 39.6. The van der Waals surface area contributed by atoms with Crippen LogP contribution < -0.4 is 31.9 Å². The number of carbonyl (C=O) groups is 6.